The number of benzene rings is 1. The summed E-state index contributed by atoms with van der Waals surface area (Å²) in [5.41, 5.74) is -1.49. The standard InChI is InChI=1S/C13H10F3N3O4S/c1-23-9-6-5-8(19(20)21)7-10(9)24(22)18-12-4-2-3-11(17-12)13(14,15)16/h2-7H,1H3,(H,17,18). The summed E-state index contributed by atoms with van der Waals surface area (Å²) in [5, 5.41) is 10.8. The highest BCUT2D eigenvalue weighted by molar-refractivity contribution is 7.86. The van der Waals surface area contributed by atoms with Crippen molar-refractivity contribution in [3.8, 4) is 5.75 Å². The number of aromatic nitrogens is 1. The van der Waals surface area contributed by atoms with Gasteiger partial charge in [0.25, 0.3) is 5.69 Å². The highest BCUT2D eigenvalue weighted by Gasteiger charge is 2.32. The molecule has 0 fully saturated rings. The number of hydrogen-bond donors (Lipinski definition) is 1. The van der Waals surface area contributed by atoms with Crippen molar-refractivity contribution in [1.29, 1.82) is 0 Å². The largest absolute Gasteiger partial charge is 0.495 e. The van der Waals surface area contributed by atoms with E-state index in [0.717, 1.165) is 24.3 Å². The smallest absolute Gasteiger partial charge is 0.433 e. The average molecular weight is 361 g/mol. The lowest BCUT2D eigenvalue weighted by Gasteiger charge is -2.11. The predicted octanol–water partition coefficient (Wildman–Crippen LogP) is 3.15. The van der Waals surface area contributed by atoms with Gasteiger partial charge in [0.05, 0.1) is 12.0 Å². The maximum Gasteiger partial charge on any atom is 0.433 e. The molecule has 0 saturated heterocycles. The fraction of sp³-hybridized carbons (Fsp3) is 0.154. The van der Waals surface area contributed by atoms with Gasteiger partial charge in [-0.2, -0.15) is 13.2 Å². The van der Waals surface area contributed by atoms with Crippen LogP contribution in [-0.2, 0) is 17.2 Å². The van der Waals surface area contributed by atoms with Gasteiger partial charge in [0, 0.05) is 12.1 Å². The minimum Gasteiger partial charge on any atom is -0.495 e. The highest BCUT2D eigenvalue weighted by atomic mass is 32.2. The number of alkyl halides is 3. The van der Waals surface area contributed by atoms with Crippen LogP contribution in [0.25, 0.3) is 0 Å². The SMILES string of the molecule is COc1ccc([N+](=O)[O-])cc1S(=O)Nc1cccc(C(F)(F)F)n1. The minimum absolute atomic E-state index is 0.0819. The molecule has 0 radical (unpaired) electrons. The summed E-state index contributed by atoms with van der Waals surface area (Å²) in [5.74, 6) is -0.213. The second-order valence-corrected chi connectivity index (χ2v) is 5.55. The molecule has 7 nitrogen and oxygen atoms in total. The predicted molar refractivity (Wildman–Crippen MR) is 78.9 cm³/mol. The van der Waals surface area contributed by atoms with E-state index in [1.807, 2.05) is 0 Å². The number of rotatable bonds is 5. The second kappa shape index (κ2) is 6.83. The Balaban J connectivity index is 2.33. The summed E-state index contributed by atoms with van der Waals surface area (Å²) >= 11 is 0. The van der Waals surface area contributed by atoms with Gasteiger partial charge >= 0.3 is 6.18 Å². The van der Waals surface area contributed by atoms with Crippen molar-refractivity contribution in [1.82, 2.24) is 4.98 Å². The molecule has 24 heavy (non-hydrogen) atoms. The van der Waals surface area contributed by atoms with E-state index in [1.54, 1.807) is 0 Å². The molecule has 2 aromatic rings. The Morgan fingerprint density at radius 3 is 2.58 bits per heavy atom. The summed E-state index contributed by atoms with van der Waals surface area (Å²) in [6.07, 6.45) is -4.65. The summed E-state index contributed by atoms with van der Waals surface area (Å²) in [4.78, 5) is 13.3. The van der Waals surface area contributed by atoms with E-state index in [-0.39, 0.29) is 22.2 Å². The van der Waals surface area contributed by atoms with Crippen molar-refractivity contribution in [2.45, 2.75) is 11.1 Å². The first kappa shape index (κ1) is 17.7. The van der Waals surface area contributed by atoms with E-state index in [4.69, 9.17) is 4.74 Å². The molecule has 1 aromatic carbocycles. The van der Waals surface area contributed by atoms with Crippen molar-refractivity contribution >= 4 is 22.5 Å². The summed E-state index contributed by atoms with van der Waals surface area (Å²) < 4.78 is 57.4. The molecular weight excluding hydrogens is 351 g/mol. The van der Waals surface area contributed by atoms with Gasteiger partial charge in [-0.3, -0.25) is 14.8 Å². The van der Waals surface area contributed by atoms with E-state index in [9.17, 15) is 27.5 Å². The number of nitrogens with zero attached hydrogens (tertiary/aromatic N) is 2. The summed E-state index contributed by atoms with van der Waals surface area (Å²) in [6.45, 7) is 0. The zero-order valence-electron chi connectivity index (χ0n) is 12.0. The van der Waals surface area contributed by atoms with Crippen LogP contribution in [-0.4, -0.2) is 21.2 Å². The van der Waals surface area contributed by atoms with E-state index >= 15 is 0 Å². The van der Waals surface area contributed by atoms with E-state index in [1.165, 1.54) is 19.2 Å². The molecule has 1 N–H and O–H groups in total. The zero-order chi connectivity index (χ0) is 17.9. The summed E-state index contributed by atoms with van der Waals surface area (Å²) in [6, 6.07) is 6.46. The van der Waals surface area contributed by atoms with Crippen molar-refractivity contribution in [3.63, 3.8) is 0 Å². The first-order valence-electron chi connectivity index (χ1n) is 6.27. The fourth-order valence-corrected chi connectivity index (χ4v) is 2.70. The van der Waals surface area contributed by atoms with Crippen LogP contribution in [0.1, 0.15) is 5.69 Å². The van der Waals surface area contributed by atoms with Crippen LogP contribution in [0.2, 0.25) is 0 Å². The van der Waals surface area contributed by atoms with E-state index < -0.39 is 27.8 Å². The molecule has 1 heterocycles. The Morgan fingerprint density at radius 1 is 1.29 bits per heavy atom. The molecular formula is C13H10F3N3O4S. The van der Waals surface area contributed by atoms with Crippen LogP contribution in [0.5, 0.6) is 5.75 Å². The molecule has 0 aliphatic heterocycles. The Kier molecular flexibility index (Phi) is 5.02. The van der Waals surface area contributed by atoms with Crippen LogP contribution in [0.4, 0.5) is 24.7 Å². The van der Waals surface area contributed by atoms with Gasteiger partial charge in [0.2, 0.25) is 0 Å². The van der Waals surface area contributed by atoms with Crippen LogP contribution < -0.4 is 9.46 Å². The molecule has 0 aliphatic carbocycles. The van der Waals surface area contributed by atoms with Gasteiger partial charge < -0.3 is 4.74 Å². The molecule has 1 unspecified atom stereocenters. The van der Waals surface area contributed by atoms with E-state index in [0.29, 0.717) is 0 Å². The highest BCUT2D eigenvalue weighted by Crippen LogP contribution is 2.30. The molecule has 0 spiro atoms. The van der Waals surface area contributed by atoms with Crippen molar-refractivity contribution in [2.24, 2.45) is 0 Å². The van der Waals surface area contributed by atoms with Gasteiger partial charge in [-0.15, -0.1) is 0 Å². The zero-order valence-corrected chi connectivity index (χ0v) is 12.9. The molecule has 0 saturated carbocycles. The fourth-order valence-electron chi connectivity index (χ4n) is 1.72. The number of nitrogens with one attached hydrogen (secondary N) is 1. The van der Waals surface area contributed by atoms with Crippen molar-refractivity contribution in [3.05, 3.63) is 52.2 Å². The Labute approximate surface area is 136 Å². The quantitative estimate of drug-likeness (QED) is 0.652. The molecule has 11 heteroatoms. The monoisotopic (exact) mass is 361 g/mol. The average Bonchev–Trinajstić information content (AvgIpc) is 2.53. The number of ether oxygens (including phenoxy) is 1. The van der Waals surface area contributed by atoms with Crippen LogP contribution >= 0.6 is 0 Å². The van der Waals surface area contributed by atoms with Crippen molar-refractivity contribution < 1.29 is 27.0 Å². The van der Waals surface area contributed by atoms with Crippen molar-refractivity contribution in [2.75, 3.05) is 11.8 Å². The lowest BCUT2D eigenvalue weighted by Crippen LogP contribution is -2.12. The summed E-state index contributed by atoms with van der Waals surface area (Å²) in [7, 11) is -0.849. The normalized spacial score (nSPS) is 12.5. The third kappa shape index (κ3) is 3.98. The van der Waals surface area contributed by atoms with Gasteiger partial charge in [-0.1, -0.05) is 6.07 Å². The van der Waals surface area contributed by atoms with Gasteiger partial charge in [-0.05, 0) is 18.2 Å². The number of hydrogen-bond acceptors (Lipinski definition) is 5. The maximum atomic E-state index is 12.6. The number of non-ortho nitro benzene ring substituents is 1. The maximum absolute atomic E-state index is 12.6. The number of nitro groups is 1. The number of nitro benzene ring substituents is 1. The number of pyridine rings is 1. The first-order valence-corrected chi connectivity index (χ1v) is 7.42. The Bertz CT molecular complexity index is 798. The molecule has 2 rings (SSSR count). The lowest BCUT2D eigenvalue weighted by atomic mass is 10.3. The van der Waals surface area contributed by atoms with E-state index in [2.05, 4.69) is 9.71 Å². The number of halogens is 3. The minimum atomic E-state index is -4.65. The molecule has 0 aliphatic rings. The molecule has 0 amide bonds. The third-order valence-corrected chi connectivity index (χ3v) is 3.91. The van der Waals surface area contributed by atoms with Crippen LogP contribution in [0, 0.1) is 10.1 Å². The van der Waals surface area contributed by atoms with Gasteiger partial charge in [0.15, 0.2) is 11.0 Å². The lowest BCUT2D eigenvalue weighted by molar-refractivity contribution is -0.385. The van der Waals surface area contributed by atoms with Gasteiger partial charge in [0.1, 0.15) is 22.2 Å². The number of methoxy groups -OCH3 is 1. The Hall–Kier alpha value is -2.69. The van der Waals surface area contributed by atoms with Gasteiger partial charge in [-0.25, -0.2) is 9.19 Å². The number of anilines is 1. The third-order valence-electron chi connectivity index (χ3n) is 2.79. The van der Waals surface area contributed by atoms with Crippen LogP contribution in [0.3, 0.4) is 0 Å². The molecule has 128 valence electrons. The second-order valence-electron chi connectivity index (χ2n) is 4.37. The Morgan fingerprint density at radius 2 is 2.00 bits per heavy atom. The molecule has 0 bridgehead atoms. The molecule has 1 atom stereocenters. The topological polar surface area (TPSA) is 94.4 Å². The first-order chi connectivity index (χ1) is 11.2. The van der Waals surface area contributed by atoms with Crippen LogP contribution in [0.15, 0.2) is 41.3 Å². The molecule has 1 aromatic heterocycles.